The smallest absolute Gasteiger partial charge is 0.408 e. The van der Waals surface area contributed by atoms with Gasteiger partial charge in [0.1, 0.15) is 36.1 Å². The van der Waals surface area contributed by atoms with E-state index in [1.54, 1.807) is 70.2 Å². The monoisotopic (exact) mass is 1230 g/mol. The molecule has 0 spiro atoms. The third kappa shape index (κ3) is 8.73. The Labute approximate surface area is 409 Å². The number of hydrogen-bond donors (Lipinski definition) is 6. The van der Waals surface area contributed by atoms with Crippen molar-refractivity contribution < 1.29 is 152 Å². The molecule has 16 heteroatoms. The van der Waals surface area contributed by atoms with Gasteiger partial charge in [0.2, 0.25) is 0 Å². The summed E-state index contributed by atoms with van der Waals surface area (Å²) in [5.41, 5.74) is -6.18. The summed E-state index contributed by atoms with van der Waals surface area (Å²) < 4.78 is 23.0. The summed E-state index contributed by atoms with van der Waals surface area (Å²) in [4.78, 5) is 55.2. The minimum Gasteiger partial charge on any atom is -0.456 e. The van der Waals surface area contributed by atoms with Gasteiger partial charge in [-0.2, -0.15) is 0 Å². The van der Waals surface area contributed by atoms with E-state index >= 15 is 0 Å². The number of fused-ring (bicyclic) bond motifs is 5. The molecule has 308 valence electrons. The summed E-state index contributed by atoms with van der Waals surface area (Å²) in [6.45, 7) is 8.99. The summed E-state index contributed by atoms with van der Waals surface area (Å²) in [5, 5.41) is 62.9. The van der Waals surface area contributed by atoms with Crippen molar-refractivity contribution in [2.75, 3.05) is 6.61 Å². The largest absolute Gasteiger partial charge is 0.456 e. The second-order valence-corrected chi connectivity index (χ2v) is 16.5. The normalized spacial score (nSPS) is 33.0. The van der Waals surface area contributed by atoms with Gasteiger partial charge in [0.05, 0.1) is 35.8 Å². The van der Waals surface area contributed by atoms with E-state index in [1.807, 2.05) is 6.07 Å². The molecule has 2 radical (unpaired) electrons. The van der Waals surface area contributed by atoms with Crippen LogP contribution in [0.3, 0.4) is 0 Å². The SMILES string of the molecule is CC(C)=C[C@H](NC(=O)OCc1ccccc1)[C@@H](O)C(=O)O[C@H]1C[C@@]2(O)[C@@H](OC(=O)c3ccccc3)[C@@H]3[C@]4(O)CO[C@@H]4C[C@H](O)[C@@]3(C)C(=O)[C@H](O)C(=C1C)C2(C)C.[Ac].[Ac]. The van der Waals surface area contributed by atoms with Gasteiger partial charge in [-0.15, -0.1) is 0 Å². The van der Waals surface area contributed by atoms with Crippen LogP contribution >= 0.6 is 0 Å². The van der Waals surface area contributed by atoms with Gasteiger partial charge in [-0.3, -0.25) is 4.79 Å². The van der Waals surface area contributed by atoms with Crippen LogP contribution in [0.2, 0.25) is 0 Å². The van der Waals surface area contributed by atoms with Crippen LogP contribution < -0.4 is 5.32 Å². The fourth-order valence-electron chi connectivity index (χ4n) is 9.20. The number of aliphatic hydroxyl groups is 5. The van der Waals surface area contributed by atoms with Crippen molar-refractivity contribution in [2.45, 2.75) is 115 Å². The number of ether oxygens (including phenoxy) is 4. The molecule has 1 aliphatic heterocycles. The van der Waals surface area contributed by atoms with Gasteiger partial charge in [0.25, 0.3) is 0 Å². The molecule has 1 saturated heterocycles. The van der Waals surface area contributed by atoms with E-state index in [-0.39, 0.29) is 124 Å². The second-order valence-electron chi connectivity index (χ2n) is 16.5. The first-order valence-electron chi connectivity index (χ1n) is 18.7. The van der Waals surface area contributed by atoms with E-state index in [0.29, 0.717) is 11.1 Å². The van der Waals surface area contributed by atoms with Crippen LogP contribution in [0.5, 0.6) is 0 Å². The van der Waals surface area contributed by atoms with E-state index in [4.69, 9.17) is 18.9 Å². The molecule has 0 aromatic heterocycles. The molecule has 1 heterocycles. The molecule has 14 nitrogen and oxygen atoms in total. The number of rotatable bonds is 9. The molecule has 1 amide bonds. The fourth-order valence-corrected chi connectivity index (χ4v) is 9.20. The molecule has 2 bridgehead atoms. The number of benzene rings is 2. The summed E-state index contributed by atoms with van der Waals surface area (Å²) in [6.07, 6.45) is -9.78. The number of allylic oxidation sites excluding steroid dienone is 1. The maximum atomic E-state index is 14.7. The Balaban J connectivity index is 0.00000372. The number of alkyl carbamates (subject to hydrolysis) is 1. The molecule has 6 rings (SSSR count). The van der Waals surface area contributed by atoms with Crippen LogP contribution in [-0.2, 0) is 35.1 Å². The van der Waals surface area contributed by atoms with Crippen molar-refractivity contribution >= 4 is 23.8 Å². The van der Waals surface area contributed by atoms with Crippen molar-refractivity contribution in [1.82, 2.24) is 5.32 Å². The van der Waals surface area contributed by atoms with Crippen molar-refractivity contribution in [3.05, 3.63) is 94.6 Å². The zero-order valence-electron chi connectivity index (χ0n) is 33.5. The average molecular weight is 1230 g/mol. The summed E-state index contributed by atoms with van der Waals surface area (Å²) in [5.74, 6) is -4.54. The van der Waals surface area contributed by atoms with E-state index in [0.717, 1.165) is 0 Å². The summed E-state index contributed by atoms with van der Waals surface area (Å²) in [7, 11) is 0. The molecule has 2 aromatic rings. The maximum absolute atomic E-state index is 14.7. The molecule has 4 aliphatic rings. The molecule has 3 fully saturated rings. The topological polar surface area (TPSA) is 218 Å². The number of hydrogen-bond acceptors (Lipinski definition) is 13. The van der Waals surface area contributed by atoms with E-state index in [9.17, 15) is 44.7 Å². The predicted molar refractivity (Wildman–Crippen MR) is 198 cm³/mol. The number of carbonyl (C=O) groups excluding carboxylic acids is 4. The Morgan fingerprint density at radius 1 is 0.966 bits per heavy atom. The number of amides is 1. The number of nitrogens with one attached hydrogen (secondary N) is 1. The Bertz CT molecular complexity index is 1920. The van der Waals surface area contributed by atoms with Gasteiger partial charge in [0, 0.05) is 112 Å². The molecular weight excluding hydrogens is 1180 g/mol. The summed E-state index contributed by atoms with van der Waals surface area (Å²) >= 11 is 0. The Kier molecular flexibility index (Phi) is 15.9. The summed E-state index contributed by atoms with van der Waals surface area (Å²) in [6, 6.07) is 15.5. The predicted octanol–water partition coefficient (Wildman–Crippen LogP) is 2.68. The van der Waals surface area contributed by atoms with E-state index in [2.05, 4.69) is 5.32 Å². The van der Waals surface area contributed by atoms with Crippen LogP contribution in [0, 0.1) is 105 Å². The minimum absolute atomic E-state index is 0. The molecule has 3 aliphatic carbocycles. The minimum atomic E-state index is -2.30. The maximum Gasteiger partial charge on any atom is 0.408 e. The zero-order chi connectivity index (χ0) is 41.0. The average Bonchev–Trinajstić information content (AvgIpc) is 3.15. The molecule has 11 atom stereocenters. The Morgan fingerprint density at radius 2 is 1.57 bits per heavy atom. The van der Waals surface area contributed by atoms with Gasteiger partial charge < -0.3 is 49.8 Å². The van der Waals surface area contributed by atoms with Gasteiger partial charge in [0.15, 0.2) is 11.9 Å². The zero-order valence-corrected chi connectivity index (χ0v) is 42.9. The first-order chi connectivity index (χ1) is 26.3. The molecule has 0 unspecified atom stereocenters. The van der Waals surface area contributed by atoms with Gasteiger partial charge in [-0.1, -0.05) is 74.0 Å². The number of ketones is 1. The van der Waals surface area contributed by atoms with Crippen molar-refractivity contribution in [3.63, 3.8) is 0 Å². The third-order valence-corrected chi connectivity index (χ3v) is 12.5. The van der Waals surface area contributed by atoms with Crippen molar-refractivity contribution in [1.29, 1.82) is 0 Å². The van der Waals surface area contributed by atoms with Gasteiger partial charge >= 0.3 is 18.0 Å². The quantitative estimate of drug-likeness (QED) is 0.121. The first kappa shape index (κ1) is 49.1. The van der Waals surface area contributed by atoms with E-state index in [1.165, 1.54) is 32.1 Å². The molecule has 58 heavy (non-hydrogen) atoms. The van der Waals surface area contributed by atoms with Gasteiger partial charge in [-0.05, 0) is 56.5 Å². The number of Topliss-reactive ketones (excluding diaryl/α,β-unsaturated/α-hetero) is 1. The first-order valence-corrected chi connectivity index (χ1v) is 18.7. The number of carbonyl (C=O) groups is 4. The fraction of sp³-hybridized carbons (Fsp3) is 0.524. The molecule has 2 saturated carbocycles. The van der Waals surface area contributed by atoms with Crippen molar-refractivity contribution in [2.24, 2.45) is 16.7 Å². The Morgan fingerprint density at radius 3 is 2.14 bits per heavy atom. The van der Waals surface area contributed by atoms with Crippen LogP contribution in [0.4, 0.5) is 4.79 Å². The number of esters is 2. The van der Waals surface area contributed by atoms with Crippen LogP contribution in [0.15, 0.2) is 83.5 Å². The van der Waals surface area contributed by atoms with Crippen molar-refractivity contribution in [3.8, 4) is 0 Å². The van der Waals surface area contributed by atoms with Gasteiger partial charge in [-0.25, -0.2) is 14.4 Å². The third-order valence-electron chi connectivity index (χ3n) is 12.5. The standard InChI is InChI=1S/C42H51NO13.2Ac/c1-22(2)17-26(43-38(50)53-20-24-13-9-7-10-14-24)31(45)37(49)55-27-19-42(52)35(56-36(48)25-15-11-8-12-16-25)33-40(6,28(44)18-29-41(33,51)21-54-29)34(47)32(46)30(23(27)3)39(42,4)5;;/h7-17,26-29,31-33,35,44-46,51-52H,18-21H2,1-6H3,(H,43,50);;/t26-,27-,28-,29+,31+,32+,33-,35-,40+,41-,42+;;/m0../s1. The van der Waals surface area contributed by atoms with Crippen LogP contribution in [0.25, 0.3) is 0 Å². The van der Waals surface area contributed by atoms with E-state index < -0.39 is 101 Å². The molecular formula is C42H51Ac2NO13. The Hall–Kier alpha value is -1.56. The van der Waals surface area contributed by atoms with Crippen LogP contribution in [0.1, 0.15) is 70.3 Å². The molecule has 6 N–H and O–H groups in total. The molecule has 2 aromatic carbocycles. The van der Waals surface area contributed by atoms with Crippen LogP contribution in [-0.4, -0.2) is 110 Å². The number of aliphatic hydroxyl groups excluding tert-OH is 3. The second kappa shape index (κ2) is 18.8.